The van der Waals surface area contributed by atoms with Crippen molar-refractivity contribution in [1.29, 1.82) is 0 Å². The molecule has 1 aromatic heterocycles. The van der Waals surface area contributed by atoms with Crippen LogP contribution in [-0.4, -0.2) is 9.97 Å². The molecule has 1 heterocycles. The van der Waals surface area contributed by atoms with Crippen LogP contribution in [0.1, 0.15) is 12.2 Å². The van der Waals surface area contributed by atoms with Crippen molar-refractivity contribution in [2.24, 2.45) is 0 Å². The minimum absolute atomic E-state index is 0.354. The molecule has 0 atom stereocenters. The van der Waals surface area contributed by atoms with Gasteiger partial charge in [-0.25, -0.2) is 9.97 Å². The van der Waals surface area contributed by atoms with Crippen LogP contribution < -0.4 is 0 Å². The highest BCUT2D eigenvalue weighted by atomic mass is 35.5. The molecule has 0 N–H and O–H groups in total. The van der Waals surface area contributed by atoms with Gasteiger partial charge in [-0.3, -0.25) is 0 Å². The largest absolute Gasteiger partial charge is 0.217 e. The van der Waals surface area contributed by atoms with Gasteiger partial charge < -0.3 is 0 Å². The second-order valence-corrected chi connectivity index (χ2v) is 4.21. The van der Waals surface area contributed by atoms with Gasteiger partial charge in [0.15, 0.2) is 5.82 Å². The first-order valence-electron chi connectivity index (χ1n) is 5.15. The van der Waals surface area contributed by atoms with Gasteiger partial charge in [0, 0.05) is 11.6 Å². The van der Waals surface area contributed by atoms with Crippen molar-refractivity contribution in [3.05, 3.63) is 64.7 Å². The van der Waals surface area contributed by atoms with E-state index in [0.717, 1.165) is 12.0 Å². The van der Waals surface area contributed by atoms with Gasteiger partial charge in [-0.15, -0.1) is 0 Å². The Balaban J connectivity index is 2.37. The molecule has 0 saturated carbocycles. The zero-order valence-electron chi connectivity index (χ0n) is 8.98. The molecule has 0 aromatic carbocycles. The van der Waals surface area contributed by atoms with E-state index in [9.17, 15) is 0 Å². The Bertz CT molecular complexity index is 508. The lowest BCUT2D eigenvalue weighted by Crippen LogP contribution is -1.94. The lowest BCUT2D eigenvalue weighted by Gasteiger charge is -2.03. The number of allylic oxidation sites excluding steroid dienone is 8. The summed E-state index contributed by atoms with van der Waals surface area (Å²) in [6, 6.07) is 1.52. The van der Waals surface area contributed by atoms with Crippen molar-refractivity contribution in [1.82, 2.24) is 9.97 Å². The molecule has 2 nitrogen and oxygen atoms in total. The van der Waals surface area contributed by atoms with E-state index >= 15 is 0 Å². The number of hydrogen-bond donors (Lipinski definition) is 0. The molecule has 0 spiro atoms. The van der Waals surface area contributed by atoms with E-state index in [-0.39, 0.29) is 0 Å². The zero-order valence-corrected chi connectivity index (χ0v) is 10.5. The lowest BCUT2D eigenvalue weighted by molar-refractivity contribution is 1.10. The molecule has 0 amide bonds. The summed E-state index contributed by atoms with van der Waals surface area (Å²) >= 11 is 11.7. The monoisotopic (exact) mass is 264 g/mol. The highest BCUT2D eigenvalue weighted by molar-refractivity contribution is 6.33. The van der Waals surface area contributed by atoms with E-state index in [0.29, 0.717) is 16.1 Å². The average Bonchev–Trinajstić information content (AvgIpc) is 2.40. The summed E-state index contributed by atoms with van der Waals surface area (Å²) in [7, 11) is 0. The standard InChI is InChI=1S/C13H10Cl2N2/c14-11-9-12(15)17-13(16-11)10-7-5-3-1-2-4-6-8-10/h1-7,9H,8H2/b2-1-,5-3-,6-4-,10-7+. The number of aromatic nitrogens is 2. The zero-order chi connectivity index (χ0) is 12.1. The summed E-state index contributed by atoms with van der Waals surface area (Å²) in [5.74, 6) is 0.568. The van der Waals surface area contributed by atoms with Gasteiger partial charge in [0.2, 0.25) is 0 Å². The minimum atomic E-state index is 0.354. The summed E-state index contributed by atoms with van der Waals surface area (Å²) in [4.78, 5) is 8.35. The molecule has 0 radical (unpaired) electrons. The first kappa shape index (κ1) is 12.1. The Hall–Kier alpha value is -1.38. The smallest absolute Gasteiger partial charge is 0.158 e. The summed E-state index contributed by atoms with van der Waals surface area (Å²) in [6.07, 6.45) is 14.5. The van der Waals surface area contributed by atoms with Crippen LogP contribution in [0.3, 0.4) is 0 Å². The summed E-state index contributed by atoms with van der Waals surface area (Å²) in [5.41, 5.74) is 0.977. The van der Waals surface area contributed by atoms with Crippen LogP contribution in [0.4, 0.5) is 0 Å². The van der Waals surface area contributed by atoms with Crippen LogP contribution in [0.25, 0.3) is 5.57 Å². The van der Waals surface area contributed by atoms with E-state index in [1.165, 1.54) is 6.07 Å². The molecular formula is C13H10Cl2N2. The SMILES string of the molecule is Clc1cc(Cl)nc(/C2=C/C=C\C=C/C=C\C2)n1. The topological polar surface area (TPSA) is 25.8 Å². The lowest BCUT2D eigenvalue weighted by atomic mass is 10.1. The average molecular weight is 265 g/mol. The van der Waals surface area contributed by atoms with Crippen molar-refractivity contribution in [2.45, 2.75) is 6.42 Å². The molecule has 1 aliphatic carbocycles. The molecular weight excluding hydrogens is 255 g/mol. The van der Waals surface area contributed by atoms with Crippen molar-refractivity contribution >= 4 is 28.8 Å². The molecule has 86 valence electrons. The van der Waals surface area contributed by atoms with Gasteiger partial charge in [0.25, 0.3) is 0 Å². The van der Waals surface area contributed by atoms with Crippen molar-refractivity contribution < 1.29 is 0 Å². The Labute approximate surface area is 110 Å². The van der Waals surface area contributed by atoms with E-state index in [2.05, 4.69) is 9.97 Å². The molecule has 0 fully saturated rings. The highest BCUT2D eigenvalue weighted by Crippen LogP contribution is 2.20. The third-order valence-corrected chi connectivity index (χ3v) is 2.55. The van der Waals surface area contributed by atoms with Crippen LogP contribution >= 0.6 is 23.2 Å². The maximum atomic E-state index is 5.86. The number of halogens is 2. The summed E-state index contributed by atoms with van der Waals surface area (Å²) in [6.45, 7) is 0. The van der Waals surface area contributed by atoms with Crippen LogP contribution in [0.5, 0.6) is 0 Å². The highest BCUT2D eigenvalue weighted by Gasteiger charge is 2.06. The first-order chi connectivity index (χ1) is 8.25. The maximum absolute atomic E-state index is 5.86. The second kappa shape index (κ2) is 5.80. The van der Waals surface area contributed by atoms with Gasteiger partial charge in [-0.05, 0) is 6.42 Å². The number of hydrogen-bond acceptors (Lipinski definition) is 2. The molecule has 0 saturated heterocycles. The van der Waals surface area contributed by atoms with E-state index in [4.69, 9.17) is 23.2 Å². The fourth-order valence-corrected chi connectivity index (χ4v) is 1.83. The molecule has 1 aromatic rings. The third kappa shape index (κ3) is 3.55. The van der Waals surface area contributed by atoms with Crippen molar-refractivity contribution in [2.75, 3.05) is 0 Å². The first-order valence-corrected chi connectivity index (χ1v) is 5.91. The number of nitrogens with zero attached hydrogens (tertiary/aromatic N) is 2. The van der Waals surface area contributed by atoms with Crippen LogP contribution in [0, 0.1) is 0 Å². The van der Waals surface area contributed by atoms with Gasteiger partial charge in [-0.2, -0.15) is 0 Å². The predicted molar refractivity (Wildman–Crippen MR) is 72.1 cm³/mol. The van der Waals surface area contributed by atoms with Gasteiger partial charge >= 0.3 is 0 Å². The quantitative estimate of drug-likeness (QED) is 0.710. The van der Waals surface area contributed by atoms with E-state index in [1.54, 1.807) is 0 Å². The molecule has 4 heteroatoms. The van der Waals surface area contributed by atoms with Crippen molar-refractivity contribution in [3.8, 4) is 0 Å². The fraction of sp³-hybridized carbons (Fsp3) is 0.0769. The predicted octanol–water partition coefficient (Wildman–Crippen LogP) is 4.24. The Morgan fingerprint density at radius 1 is 0.882 bits per heavy atom. The summed E-state index contributed by atoms with van der Waals surface area (Å²) in [5, 5.41) is 0.707. The van der Waals surface area contributed by atoms with Gasteiger partial charge in [-0.1, -0.05) is 65.7 Å². The molecule has 0 unspecified atom stereocenters. The molecule has 0 bridgehead atoms. The molecule has 0 aliphatic heterocycles. The van der Waals surface area contributed by atoms with Gasteiger partial charge in [0.05, 0.1) is 0 Å². The molecule has 1 aliphatic rings. The molecule has 17 heavy (non-hydrogen) atoms. The Morgan fingerprint density at radius 2 is 1.53 bits per heavy atom. The fourth-order valence-electron chi connectivity index (χ4n) is 1.41. The third-order valence-electron chi connectivity index (χ3n) is 2.17. The number of rotatable bonds is 1. The van der Waals surface area contributed by atoms with E-state index < -0.39 is 0 Å². The van der Waals surface area contributed by atoms with Crippen LogP contribution in [0.15, 0.2) is 48.6 Å². The van der Waals surface area contributed by atoms with Crippen molar-refractivity contribution in [3.63, 3.8) is 0 Å². The normalized spacial score (nSPS) is 23.8. The van der Waals surface area contributed by atoms with Crippen LogP contribution in [0.2, 0.25) is 10.3 Å². The van der Waals surface area contributed by atoms with E-state index in [1.807, 2.05) is 42.5 Å². The maximum Gasteiger partial charge on any atom is 0.158 e. The second-order valence-electron chi connectivity index (χ2n) is 3.43. The Morgan fingerprint density at radius 3 is 2.29 bits per heavy atom. The molecule has 2 rings (SSSR count). The minimum Gasteiger partial charge on any atom is -0.217 e. The Kier molecular flexibility index (Phi) is 4.13. The van der Waals surface area contributed by atoms with Gasteiger partial charge in [0.1, 0.15) is 10.3 Å². The summed E-state index contributed by atoms with van der Waals surface area (Å²) < 4.78 is 0. The van der Waals surface area contributed by atoms with Crippen LogP contribution in [-0.2, 0) is 0 Å².